The van der Waals surface area contributed by atoms with Crippen molar-refractivity contribution in [1.82, 2.24) is 9.88 Å². The summed E-state index contributed by atoms with van der Waals surface area (Å²) >= 11 is 0. The zero-order chi connectivity index (χ0) is 19.6. The van der Waals surface area contributed by atoms with E-state index in [2.05, 4.69) is 16.8 Å². The molecule has 0 amide bonds. The Morgan fingerprint density at radius 3 is 2.61 bits per heavy atom. The van der Waals surface area contributed by atoms with Gasteiger partial charge in [0.15, 0.2) is 11.5 Å². The molecule has 6 heteroatoms. The molecule has 0 atom stereocenters. The fourth-order valence-corrected chi connectivity index (χ4v) is 4.31. The molecule has 0 saturated carbocycles. The van der Waals surface area contributed by atoms with Gasteiger partial charge >= 0.3 is 5.97 Å². The van der Waals surface area contributed by atoms with Crippen LogP contribution in [-0.2, 0) is 4.74 Å². The van der Waals surface area contributed by atoms with E-state index in [1.54, 1.807) is 13.3 Å². The summed E-state index contributed by atoms with van der Waals surface area (Å²) in [5, 5.41) is 0.806. The molecule has 2 bridgehead atoms. The Labute approximate surface area is 166 Å². The number of hydrogen-bond donors (Lipinski definition) is 1. The van der Waals surface area contributed by atoms with E-state index in [-0.39, 0.29) is 11.4 Å². The molecule has 0 aliphatic carbocycles. The summed E-state index contributed by atoms with van der Waals surface area (Å²) < 4.78 is 17.1. The molecule has 1 aromatic heterocycles. The third-order valence-electron chi connectivity index (χ3n) is 6.33. The number of methoxy groups -OCH3 is 1. The molecule has 4 heterocycles. The number of carbonyl (C=O) groups excluding carboxylic acids is 1. The predicted molar refractivity (Wildman–Crippen MR) is 108 cm³/mol. The second-order valence-electron chi connectivity index (χ2n) is 8.12. The van der Waals surface area contributed by atoms with Crippen molar-refractivity contribution in [3.05, 3.63) is 23.9 Å². The Bertz CT molecular complexity index is 823. The summed E-state index contributed by atoms with van der Waals surface area (Å²) in [7, 11) is 1.62. The summed E-state index contributed by atoms with van der Waals surface area (Å²) in [6.07, 6.45) is 7.16. The lowest BCUT2D eigenvalue weighted by Crippen LogP contribution is -2.50. The summed E-state index contributed by atoms with van der Waals surface area (Å²) in [5.74, 6) is 1.06. The summed E-state index contributed by atoms with van der Waals surface area (Å²) in [6.45, 7) is 6.67. The molecule has 28 heavy (non-hydrogen) atoms. The topological polar surface area (TPSA) is 63.8 Å². The van der Waals surface area contributed by atoms with Crippen LogP contribution in [0.5, 0.6) is 11.5 Å². The van der Waals surface area contributed by atoms with E-state index in [0.717, 1.165) is 62.6 Å². The van der Waals surface area contributed by atoms with E-state index in [4.69, 9.17) is 14.2 Å². The standard InChI is InChI=1S/C22H30N2O4/c1-3-4-11-27-20-13-18-16(12-19(20)26-2)17(14-23-18)21(25)28-15-22-5-8-24(9-6-22)10-7-22/h12-14,23H,3-11,15H2,1-2H3. The molecule has 0 spiro atoms. The number of esters is 1. The number of fused-ring (bicyclic) bond motifs is 4. The molecular formula is C22H30N2O4. The number of piperidine rings is 3. The lowest BCUT2D eigenvalue weighted by Gasteiger charge is -2.47. The molecule has 0 radical (unpaired) electrons. The van der Waals surface area contributed by atoms with Crippen LogP contribution in [0.25, 0.3) is 10.9 Å². The number of aromatic amines is 1. The Hall–Kier alpha value is -2.21. The third kappa shape index (κ3) is 3.70. The number of hydrogen-bond acceptors (Lipinski definition) is 5. The minimum absolute atomic E-state index is 0.175. The van der Waals surface area contributed by atoms with Crippen molar-refractivity contribution >= 4 is 16.9 Å². The van der Waals surface area contributed by atoms with Gasteiger partial charge in [-0.2, -0.15) is 0 Å². The van der Waals surface area contributed by atoms with E-state index in [1.165, 1.54) is 0 Å². The van der Waals surface area contributed by atoms with Crippen LogP contribution in [0.4, 0.5) is 0 Å². The zero-order valence-corrected chi connectivity index (χ0v) is 16.9. The molecule has 0 unspecified atom stereocenters. The molecule has 3 saturated heterocycles. The van der Waals surface area contributed by atoms with Gasteiger partial charge in [-0.3, -0.25) is 0 Å². The van der Waals surface area contributed by atoms with Gasteiger partial charge in [0, 0.05) is 23.1 Å². The molecule has 152 valence electrons. The van der Waals surface area contributed by atoms with Gasteiger partial charge in [-0.1, -0.05) is 13.3 Å². The molecule has 6 nitrogen and oxygen atoms in total. The maximum absolute atomic E-state index is 12.8. The van der Waals surface area contributed by atoms with Crippen LogP contribution in [0.15, 0.2) is 18.3 Å². The first-order valence-corrected chi connectivity index (χ1v) is 10.4. The van der Waals surface area contributed by atoms with Crippen LogP contribution in [0.1, 0.15) is 49.4 Å². The number of ether oxygens (including phenoxy) is 3. The molecule has 1 aromatic carbocycles. The van der Waals surface area contributed by atoms with Gasteiger partial charge in [-0.05, 0) is 51.4 Å². The van der Waals surface area contributed by atoms with E-state index >= 15 is 0 Å². The number of rotatable bonds is 8. The monoisotopic (exact) mass is 386 g/mol. The minimum atomic E-state index is -0.268. The van der Waals surface area contributed by atoms with Gasteiger partial charge in [0.05, 0.1) is 31.4 Å². The predicted octanol–water partition coefficient (Wildman–Crippen LogP) is 4.00. The number of unbranched alkanes of at least 4 members (excludes halogenated alkanes) is 1. The lowest BCUT2D eigenvalue weighted by molar-refractivity contribution is -0.0304. The molecule has 3 aliphatic heterocycles. The first-order chi connectivity index (χ1) is 13.6. The lowest BCUT2D eigenvalue weighted by atomic mass is 9.73. The SMILES string of the molecule is CCCCOc1cc2[nH]cc(C(=O)OCC34CCN(CC3)CC4)c2cc1OC. The van der Waals surface area contributed by atoms with Crippen molar-refractivity contribution in [3.63, 3.8) is 0 Å². The maximum Gasteiger partial charge on any atom is 0.340 e. The average molecular weight is 386 g/mol. The van der Waals surface area contributed by atoms with Crippen molar-refractivity contribution in [2.45, 2.75) is 39.0 Å². The van der Waals surface area contributed by atoms with E-state index in [1.807, 2.05) is 12.1 Å². The minimum Gasteiger partial charge on any atom is -0.493 e. The van der Waals surface area contributed by atoms with Crippen LogP contribution in [0, 0.1) is 5.41 Å². The Kier molecular flexibility index (Phi) is 5.49. The number of nitrogens with one attached hydrogen (secondary N) is 1. The largest absolute Gasteiger partial charge is 0.493 e. The highest BCUT2D eigenvalue weighted by Gasteiger charge is 2.40. The van der Waals surface area contributed by atoms with Gasteiger partial charge in [0.2, 0.25) is 0 Å². The first-order valence-electron chi connectivity index (χ1n) is 10.4. The Morgan fingerprint density at radius 1 is 1.18 bits per heavy atom. The van der Waals surface area contributed by atoms with Gasteiger partial charge < -0.3 is 24.1 Å². The van der Waals surface area contributed by atoms with Crippen molar-refractivity contribution in [2.75, 3.05) is 40.0 Å². The van der Waals surface area contributed by atoms with Gasteiger partial charge in [0.1, 0.15) is 0 Å². The summed E-state index contributed by atoms with van der Waals surface area (Å²) in [4.78, 5) is 18.5. The second-order valence-corrected chi connectivity index (χ2v) is 8.12. The Morgan fingerprint density at radius 2 is 1.93 bits per heavy atom. The van der Waals surface area contributed by atoms with E-state index < -0.39 is 0 Å². The van der Waals surface area contributed by atoms with Gasteiger partial charge in [-0.25, -0.2) is 4.79 Å². The fraction of sp³-hybridized carbons (Fsp3) is 0.591. The van der Waals surface area contributed by atoms with E-state index in [9.17, 15) is 4.79 Å². The molecule has 3 aliphatic rings. The fourth-order valence-electron chi connectivity index (χ4n) is 4.31. The maximum atomic E-state index is 12.8. The normalized spacial score (nSPS) is 23.7. The van der Waals surface area contributed by atoms with Crippen molar-refractivity contribution in [2.24, 2.45) is 5.41 Å². The molecule has 5 rings (SSSR count). The van der Waals surface area contributed by atoms with Crippen molar-refractivity contribution in [1.29, 1.82) is 0 Å². The molecule has 3 fully saturated rings. The summed E-state index contributed by atoms with van der Waals surface area (Å²) in [6, 6.07) is 3.76. The number of nitrogens with zero attached hydrogens (tertiary/aromatic N) is 1. The number of carbonyl (C=O) groups is 1. The highest BCUT2D eigenvalue weighted by molar-refractivity contribution is 6.05. The van der Waals surface area contributed by atoms with Gasteiger partial charge in [-0.15, -0.1) is 0 Å². The second kappa shape index (κ2) is 8.03. The molecular weight excluding hydrogens is 356 g/mol. The highest BCUT2D eigenvalue weighted by Crippen LogP contribution is 2.40. The number of H-pyrrole nitrogens is 1. The third-order valence-corrected chi connectivity index (χ3v) is 6.33. The van der Waals surface area contributed by atoms with Crippen LogP contribution in [-0.4, -0.2) is 55.8 Å². The molecule has 2 aromatic rings. The van der Waals surface area contributed by atoms with Crippen molar-refractivity contribution in [3.8, 4) is 11.5 Å². The first kappa shape index (κ1) is 19.1. The summed E-state index contributed by atoms with van der Waals surface area (Å²) in [5.41, 5.74) is 1.58. The average Bonchev–Trinajstić information content (AvgIpc) is 3.16. The number of aromatic nitrogens is 1. The van der Waals surface area contributed by atoms with Crippen LogP contribution < -0.4 is 9.47 Å². The van der Waals surface area contributed by atoms with E-state index in [0.29, 0.717) is 30.3 Å². The van der Waals surface area contributed by atoms with Crippen LogP contribution >= 0.6 is 0 Å². The van der Waals surface area contributed by atoms with Crippen LogP contribution in [0.3, 0.4) is 0 Å². The zero-order valence-electron chi connectivity index (χ0n) is 16.9. The smallest absolute Gasteiger partial charge is 0.340 e. The Balaban J connectivity index is 1.49. The number of benzene rings is 1. The van der Waals surface area contributed by atoms with Crippen molar-refractivity contribution < 1.29 is 19.0 Å². The van der Waals surface area contributed by atoms with Gasteiger partial charge in [0.25, 0.3) is 0 Å². The quantitative estimate of drug-likeness (QED) is 0.549. The van der Waals surface area contributed by atoms with Crippen LogP contribution in [0.2, 0.25) is 0 Å². The molecule has 1 N–H and O–H groups in total. The highest BCUT2D eigenvalue weighted by atomic mass is 16.5.